The van der Waals surface area contributed by atoms with Crippen LogP contribution in [-0.4, -0.2) is 54.8 Å². The summed E-state index contributed by atoms with van der Waals surface area (Å²) in [5, 5.41) is 9.28. The van der Waals surface area contributed by atoms with E-state index < -0.39 is 10.0 Å². The van der Waals surface area contributed by atoms with Crippen molar-refractivity contribution in [3.63, 3.8) is 0 Å². The number of nitrogens with zero attached hydrogens (tertiary/aromatic N) is 2. The van der Waals surface area contributed by atoms with E-state index in [1.54, 1.807) is 23.1 Å². The van der Waals surface area contributed by atoms with Crippen LogP contribution in [-0.2, 0) is 10.0 Å². The van der Waals surface area contributed by atoms with Crippen LogP contribution in [0, 0.1) is 0 Å². The second-order valence-corrected chi connectivity index (χ2v) is 9.18. The molecule has 0 bridgehead atoms. The van der Waals surface area contributed by atoms with Crippen LogP contribution >= 0.6 is 22.9 Å². The highest BCUT2D eigenvalue weighted by molar-refractivity contribution is 7.91. The number of benzene rings is 1. The van der Waals surface area contributed by atoms with Gasteiger partial charge >= 0.3 is 0 Å². The van der Waals surface area contributed by atoms with Crippen molar-refractivity contribution in [2.75, 3.05) is 26.2 Å². The van der Waals surface area contributed by atoms with Gasteiger partial charge in [-0.05, 0) is 36.4 Å². The minimum absolute atomic E-state index is 0.0945. The van der Waals surface area contributed by atoms with Crippen LogP contribution in [0.5, 0.6) is 5.75 Å². The van der Waals surface area contributed by atoms with Gasteiger partial charge in [0.05, 0.1) is 4.34 Å². The van der Waals surface area contributed by atoms with E-state index in [1.807, 2.05) is 0 Å². The summed E-state index contributed by atoms with van der Waals surface area (Å²) in [6.07, 6.45) is 0. The highest BCUT2D eigenvalue weighted by atomic mass is 35.5. The fourth-order valence-electron chi connectivity index (χ4n) is 2.48. The molecule has 24 heavy (non-hydrogen) atoms. The summed E-state index contributed by atoms with van der Waals surface area (Å²) in [6.45, 7) is 1.11. The predicted molar refractivity (Wildman–Crippen MR) is 92.1 cm³/mol. The number of phenolic OH excluding ortho intramolecular Hbond substituents is 1. The zero-order chi connectivity index (χ0) is 17.3. The lowest BCUT2D eigenvalue weighted by molar-refractivity contribution is 0.0698. The lowest BCUT2D eigenvalue weighted by Crippen LogP contribution is -2.50. The quantitative estimate of drug-likeness (QED) is 0.877. The molecule has 0 unspecified atom stereocenters. The Labute approximate surface area is 148 Å². The molecule has 1 aliphatic heterocycles. The molecule has 1 N–H and O–H groups in total. The molecule has 0 spiro atoms. The standard InChI is InChI=1S/C15H15ClN2O4S2/c16-13-5-6-14(23-13)24(21,22)18-9-7-17(8-10-18)15(20)11-1-3-12(19)4-2-11/h1-6,19H,7-10H2. The Morgan fingerprint density at radius 2 is 1.67 bits per heavy atom. The molecular formula is C15H15ClN2O4S2. The number of hydrogen-bond donors (Lipinski definition) is 1. The van der Waals surface area contributed by atoms with Gasteiger partial charge in [0.1, 0.15) is 9.96 Å². The Kier molecular flexibility index (Phi) is 4.82. The number of thiophene rings is 1. The molecule has 1 aromatic heterocycles. The zero-order valence-corrected chi connectivity index (χ0v) is 14.9. The number of piperazine rings is 1. The van der Waals surface area contributed by atoms with Gasteiger partial charge in [-0.15, -0.1) is 11.3 Å². The number of sulfonamides is 1. The molecule has 3 rings (SSSR count). The Morgan fingerprint density at radius 1 is 1.04 bits per heavy atom. The average molecular weight is 387 g/mol. The number of phenols is 1. The van der Waals surface area contributed by atoms with Crippen molar-refractivity contribution in [2.24, 2.45) is 0 Å². The van der Waals surface area contributed by atoms with Gasteiger partial charge in [0, 0.05) is 31.7 Å². The number of carbonyl (C=O) groups is 1. The van der Waals surface area contributed by atoms with E-state index in [0.29, 0.717) is 23.0 Å². The van der Waals surface area contributed by atoms with Crippen molar-refractivity contribution in [3.05, 3.63) is 46.3 Å². The third kappa shape index (κ3) is 3.41. The summed E-state index contributed by atoms with van der Waals surface area (Å²) in [5.74, 6) is -0.0803. The zero-order valence-electron chi connectivity index (χ0n) is 12.6. The van der Waals surface area contributed by atoms with E-state index in [-0.39, 0.29) is 29.0 Å². The minimum Gasteiger partial charge on any atom is -0.508 e. The van der Waals surface area contributed by atoms with E-state index in [2.05, 4.69) is 0 Å². The average Bonchev–Trinajstić information content (AvgIpc) is 3.02. The van der Waals surface area contributed by atoms with Gasteiger partial charge in [0.2, 0.25) is 0 Å². The minimum atomic E-state index is -3.56. The maximum atomic E-state index is 12.5. The van der Waals surface area contributed by atoms with Crippen LogP contribution in [0.1, 0.15) is 10.4 Å². The van der Waals surface area contributed by atoms with Crippen molar-refractivity contribution in [1.82, 2.24) is 9.21 Å². The fourth-order valence-corrected chi connectivity index (χ4v) is 5.54. The topological polar surface area (TPSA) is 77.9 Å². The van der Waals surface area contributed by atoms with Crippen molar-refractivity contribution < 1.29 is 18.3 Å². The molecule has 9 heteroatoms. The van der Waals surface area contributed by atoms with Crippen molar-refractivity contribution in [2.45, 2.75) is 4.21 Å². The second kappa shape index (κ2) is 6.72. The van der Waals surface area contributed by atoms with Gasteiger partial charge in [-0.1, -0.05) is 11.6 Å². The van der Waals surface area contributed by atoms with Crippen molar-refractivity contribution in [3.8, 4) is 5.75 Å². The number of aromatic hydroxyl groups is 1. The Balaban J connectivity index is 1.67. The maximum absolute atomic E-state index is 12.5. The van der Waals surface area contributed by atoms with Crippen molar-refractivity contribution >= 4 is 38.9 Å². The van der Waals surface area contributed by atoms with E-state index in [4.69, 9.17) is 11.6 Å². The van der Waals surface area contributed by atoms with Gasteiger partial charge in [-0.25, -0.2) is 8.42 Å². The summed E-state index contributed by atoms with van der Waals surface area (Å²) in [5.41, 5.74) is 0.467. The first kappa shape index (κ1) is 17.2. The normalized spacial score (nSPS) is 16.3. The van der Waals surface area contributed by atoms with Gasteiger partial charge in [0.25, 0.3) is 15.9 Å². The Hall–Kier alpha value is -1.61. The lowest BCUT2D eigenvalue weighted by atomic mass is 10.2. The first-order valence-corrected chi connectivity index (χ1v) is 9.85. The van der Waals surface area contributed by atoms with Gasteiger partial charge in [-0.3, -0.25) is 4.79 Å². The molecular weight excluding hydrogens is 372 g/mol. The van der Waals surface area contributed by atoms with Crippen LogP contribution in [0.2, 0.25) is 4.34 Å². The summed E-state index contributed by atoms with van der Waals surface area (Å²) in [4.78, 5) is 14.0. The van der Waals surface area contributed by atoms with Crippen molar-refractivity contribution in [1.29, 1.82) is 0 Å². The number of amides is 1. The number of carbonyl (C=O) groups excluding carboxylic acids is 1. The molecule has 0 aliphatic carbocycles. The molecule has 128 valence electrons. The smallest absolute Gasteiger partial charge is 0.253 e. The highest BCUT2D eigenvalue weighted by Gasteiger charge is 2.31. The molecule has 1 aliphatic rings. The molecule has 6 nitrogen and oxygen atoms in total. The molecule has 1 aromatic carbocycles. The first-order valence-electron chi connectivity index (χ1n) is 7.22. The Bertz CT molecular complexity index is 841. The summed E-state index contributed by atoms with van der Waals surface area (Å²) < 4.78 is 27.1. The molecule has 1 saturated heterocycles. The molecule has 2 heterocycles. The second-order valence-electron chi connectivity index (χ2n) is 5.30. The summed E-state index contributed by atoms with van der Waals surface area (Å²) in [7, 11) is -3.56. The molecule has 0 radical (unpaired) electrons. The van der Waals surface area contributed by atoms with Crippen LogP contribution in [0.25, 0.3) is 0 Å². The van der Waals surface area contributed by atoms with Crippen LogP contribution in [0.4, 0.5) is 0 Å². The molecule has 0 saturated carbocycles. The number of rotatable bonds is 3. The first-order chi connectivity index (χ1) is 11.4. The van der Waals surface area contributed by atoms with E-state index >= 15 is 0 Å². The largest absolute Gasteiger partial charge is 0.508 e. The van der Waals surface area contributed by atoms with Crippen LogP contribution in [0.15, 0.2) is 40.6 Å². The molecule has 0 atom stereocenters. The van der Waals surface area contributed by atoms with E-state index in [1.165, 1.54) is 22.5 Å². The van der Waals surface area contributed by atoms with E-state index in [0.717, 1.165) is 11.3 Å². The molecule has 1 amide bonds. The monoisotopic (exact) mass is 386 g/mol. The summed E-state index contributed by atoms with van der Waals surface area (Å²) >= 11 is 6.84. The fraction of sp³-hybridized carbons (Fsp3) is 0.267. The lowest BCUT2D eigenvalue weighted by Gasteiger charge is -2.33. The summed E-state index contributed by atoms with van der Waals surface area (Å²) in [6, 6.07) is 9.06. The third-order valence-electron chi connectivity index (χ3n) is 3.78. The molecule has 2 aromatic rings. The van der Waals surface area contributed by atoms with E-state index in [9.17, 15) is 18.3 Å². The SMILES string of the molecule is O=C(c1ccc(O)cc1)N1CCN(S(=O)(=O)c2ccc(Cl)s2)CC1. The van der Waals surface area contributed by atoms with Crippen LogP contribution in [0.3, 0.4) is 0 Å². The maximum Gasteiger partial charge on any atom is 0.253 e. The number of halogens is 1. The predicted octanol–water partition coefficient (Wildman–Crippen LogP) is 2.25. The highest BCUT2D eigenvalue weighted by Crippen LogP contribution is 2.28. The van der Waals surface area contributed by atoms with Crippen LogP contribution < -0.4 is 0 Å². The van der Waals surface area contributed by atoms with Gasteiger partial charge < -0.3 is 10.0 Å². The van der Waals surface area contributed by atoms with Gasteiger partial charge in [0.15, 0.2) is 0 Å². The third-order valence-corrected chi connectivity index (χ3v) is 7.38. The molecule has 1 fully saturated rings. The number of hydrogen-bond acceptors (Lipinski definition) is 5. The Morgan fingerprint density at radius 3 is 2.21 bits per heavy atom. The van der Waals surface area contributed by atoms with Gasteiger partial charge in [-0.2, -0.15) is 4.31 Å².